The highest BCUT2D eigenvalue weighted by molar-refractivity contribution is 7.96. The number of allylic oxidation sites excluding steroid dienone is 1. The quantitative estimate of drug-likeness (QED) is 0.576. The average molecular weight is 447 g/mol. The Balaban J connectivity index is 1.85. The second-order valence-electron chi connectivity index (χ2n) is 7.71. The maximum absolute atomic E-state index is 13.4. The number of anilines is 3. The molecule has 0 aliphatic carbocycles. The molecule has 1 heterocycles. The highest BCUT2D eigenvalue weighted by Gasteiger charge is 2.36. The van der Waals surface area contributed by atoms with E-state index in [9.17, 15) is 18.0 Å². The zero-order valence-electron chi connectivity index (χ0n) is 17.9. The molecule has 0 bridgehead atoms. The Morgan fingerprint density at radius 2 is 1.59 bits per heavy atom. The summed E-state index contributed by atoms with van der Waals surface area (Å²) in [6.07, 6.45) is 1.38. The molecule has 6 nitrogen and oxygen atoms in total. The maximum atomic E-state index is 13.4. The number of Topliss-reactive ketones (excluding diaryl/α,β-unsaturated/α-hetero) is 1. The lowest BCUT2D eigenvalue weighted by Crippen LogP contribution is -2.26. The first-order valence-electron chi connectivity index (χ1n) is 10.0. The van der Waals surface area contributed by atoms with Crippen molar-refractivity contribution >= 4 is 38.6 Å². The van der Waals surface area contributed by atoms with Crippen molar-refractivity contribution in [2.45, 2.75) is 25.7 Å². The molecule has 0 atom stereocenters. The summed E-state index contributed by atoms with van der Waals surface area (Å²) >= 11 is 0. The van der Waals surface area contributed by atoms with Crippen molar-refractivity contribution in [3.8, 4) is 0 Å². The van der Waals surface area contributed by atoms with Crippen LogP contribution in [0.3, 0.4) is 0 Å². The van der Waals surface area contributed by atoms with Gasteiger partial charge >= 0.3 is 0 Å². The molecule has 4 rings (SSSR count). The van der Waals surface area contributed by atoms with Crippen LogP contribution in [0.15, 0.2) is 82.7 Å². The zero-order valence-corrected chi connectivity index (χ0v) is 18.7. The van der Waals surface area contributed by atoms with Crippen LogP contribution in [0.25, 0.3) is 0 Å². The Morgan fingerprint density at radius 1 is 0.906 bits per heavy atom. The van der Waals surface area contributed by atoms with Gasteiger partial charge < -0.3 is 10.2 Å². The molecule has 3 aromatic rings. The molecular formula is C25H22N2O4S. The highest BCUT2D eigenvalue weighted by atomic mass is 32.2. The molecular weight excluding hydrogens is 424 g/mol. The Labute approximate surface area is 187 Å². The van der Waals surface area contributed by atoms with Crippen molar-refractivity contribution in [2.75, 3.05) is 10.2 Å². The lowest BCUT2D eigenvalue weighted by molar-refractivity contribution is -0.114. The molecule has 1 aliphatic rings. The molecule has 0 radical (unpaired) electrons. The molecule has 1 N–H and O–H groups in total. The Hall–Kier alpha value is -3.71. The first kappa shape index (κ1) is 21.5. The number of hydrogen-bond acceptors (Lipinski definition) is 5. The van der Waals surface area contributed by atoms with E-state index in [-0.39, 0.29) is 15.7 Å². The van der Waals surface area contributed by atoms with Gasteiger partial charge in [-0.15, -0.1) is 0 Å². The van der Waals surface area contributed by atoms with Crippen LogP contribution in [0.2, 0.25) is 0 Å². The first-order chi connectivity index (χ1) is 15.2. The van der Waals surface area contributed by atoms with Gasteiger partial charge in [0.05, 0.1) is 10.6 Å². The van der Waals surface area contributed by atoms with E-state index in [0.29, 0.717) is 22.6 Å². The molecule has 1 amide bonds. The molecule has 32 heavy (non-hydrogen) atoms. The molecule has 0 fully saturated rings. The van der Waals surface area contributed by atoms with Crippen LogP contribution in [-0.4, -0.2) is 20.1 Å². The van der Waals surface area contributed by atoms with Crippen molar-refractivity contribution in [3.63, 3.8) is 0 Å². The van der Waals surface area contributed by atoms with E-state index in [0.717, 1.165) is 11.1 Å². The lowest BCUT2D eigenvalue weighted by Gasteiger charge is -2.29. The Morgan fingerprint density at radius 3 is 2.25 bits per heavy atom. The number of sulfone groups is 1. The van der Waals surface area contributed by atoms with E-state index in [1.54, 1.807) is 66.4 Å². The lowest BCUT2D eigenvalue weighted by atomic mass is 10.0. The molecule has 0 saturated heterocycles. The molecule has 162 valence electrons. The molecule has 1 aliphatic heterocycles. The standard InChI is InChI=1S/C25H22N2O4S/c1-16-8-13-21(17(2)14-16)25(29)24-15-27(20-11-9-19(10-12-20)26-18(3)28)22-6-4-5-7-23(22)32(24,30)31/h4-15H,1-3H3,(H,26,28). The average Bonchev–Trinajstić information content (AvgIpc) is 2.74. The summed E-state index contributed by atoms with van der Waals surface area (Å²) in [5, 5.41) is 2.70. The van der Waals surface area contributed by atoms with Crippen LogP contribution in [0, 0.1) is 13.8 Å². The summed E-state index contributed by atoms with van der Waals surface area (Å²) in [4.78, 5) is 26.2. The molecule has 0 aromatic heterocycles. The summed E-state index contributed by atoms with van der Waals surface area (Å²) in [5.74, 6) is -0.731. The van der Waals surface area contributed by atoms with Crippen molar-refractivity contribution in [3.05, 3.63) is 94.5 Å². The molecule has 0 spiro atoms. The fourth-order valence-corrected chi connectivity index (χ4v) is 5.30. The smallest absolute Gasteiger partial charge is 0.221 e. The van der Waals surface area contributed by atoms with Gasteiger partial charge in [-0.2, -0.15) is 0 Å². The fourth-order valence-electron chi connectivity index (χ4n) is 3.76. The number of aryl methyl sites for hydroxylation is 2. The number of amides is 1. The largest absolute Gasteiger partial charge is 0.326 e. The van der Waals surface area contributed by atoms with E-state index in [1.165, 1.54) is 19.2 Å². The number of nitrogens with one attached hydrogen (secondary N) is 1. The number of carbonyl (C=O) groups excluding carboxylic acids is 2. The van der Waals surface area contributed by atoms with Crippen LogP contribution < -0.4 is 10.2 Å². The van der Waals surface area contributed by atoms with Crippen LogP contribution in [0.4, 0.5) is 17.1 Å². The van der Waals surface area contributed by atoms with Crippen LogP contribution >= 0.6 is 0 Å². The van der Waals surface area contributed by atoms with E-state index in [1.807, 2.05) is 13.0 Å². The van der Waals surface area contributed by atoms with E-state index in [2.05, 4.69) is 5.32 Å². The monoisotopic (exact) mass is 446 g/mol. The minimum atomic E-state index is -4.01. The number of ketones is 1. The van der Waals surface area contributed by atoms with Gasteiger partial charge in [-0.3, -0.25) is 9.59 Å². The highest BCUT2D eigenvalue weighted by Crippen LogP contribution is 2.40. The van der Waals surface area contributed by atoms with Gasteiger partial charge in [0.2, 0.25) is 21.5 Å². The number of hydrogen-bond donors (Lipinski definition) is 1. The second-order valence-corrected chi connectivity index (χ2v) is 9.60. The van der Waals surface area contributed by atoms with Crippen molar-refractivity contribution in [1.82, 2.24) is 0 Å². The van der Waals surface area contributed by atoms with Crippen LogP contribution in [-0.2, 0) is 14.6 Å². The Kier molecular flexibility index (Phi) is 5.44. The fraction of sp³-hybridized carbons (Fsp3) is 0.120. The molecule has 0 unspecified atom stereocenters. The minimum Gasteiger partial charge on any atom is -0.326 e. The summed E-state index contributed by atoms with van der Waals surface area (Å²) in [5.41, 5.74) is 3.80. The van der Waals surface area contributed by atoms with Gasteiger partial charge in [0.1, 0.15) is 4.91 Å². The number of rotatable bonds is 4. The van der Waals surface area contributed by atoms with E-state index in [4.69, 9.17) is 0 Å². The summed E-state index contributed by atoms with van der Waals surface area (Å²) in [7, 11) is -4.01. The maximum Gasteiger partial charge on any atom is 0.221 e. The molecule has 3 aromatic carbocycles. The van der Waals surface area contributed by atoms with Crippen LogP contribution in [0.5, 0.6) is 0 Å². The van der Waals surface area contributed by atoms with Crippen LogP contribution in [0.1, 0.15) is 28.4 Å². The number of nitrogens with zero attached hydrogens (tertiary/aromatic N) is 1. The van der Waals surface area contributed by atoms with Crippen molar-refractivity contribution in [2.24, 2.45) is 0 Å². The molecule has 7 heteroatoms. The number of carbonyl (C=O) groups is 2. The molecule has 0 saturated carbocycles. The SMILES string of the molecule is CC(=O)Nc1ccc(N2C=C(C(=O)c3ccc(C)cc3C)S(=O)(=O)c3ccccc32)cc1. The second kappa shape index (κ2) is 8.09. The number of para-hydroxylation sites is 1. The number of fused-ring (bicyclic) bond motifs is 1. The predicted octanol–water partition coefficient (Wildman–Crippen LogP) is 4.91. The minimum absolute atomic E-state index is 0.0709. The van der Waals surface area contributed by atoms with Gasteiger partial charge in [-0.1, -0.05) is 35.9 Å². The van der Waals surface area contributed by atoms with Gasteiger partial charge in [0.25, 0.3) is 0 Å². The topological polar surface area (TPSA) is 83.6 Å². The third-order valence-electron chi connectivity index (χ3n) is 5.27. The van der Waals surface area contributed by atoms with Gasteiger partial charge in [0.15, 0.2) is 0 Å². The van der Waals surface area contributed by atoms with E-state index < -0.39 is 15.6 Å². The third-order valence-corrected chi connectivity index (χ3v) is 7.06. The zero-order chi connectivity index (χ0) is 23.0. The summed E-state index contributed by atoms with van der Waals surface area (Å²) in [6.45, 7) is 5.14. The third kappa shape index (κ3) is 3.83. The first-order valence-corrected chi connectivity index (χ1v) is 11.5. The van der Waals surface area contributed by atoms with Gasteiger partial charge in [-0.25, -0.2) is 8.42 Å². The van der Waals surface area contributed by atoms with Gasteiger partial charge in [0, 0.05) is 30.1 Å². The van der Waals surface area contributed by atoms with Crippen molar-refractivity contribution < 1.29 is 18.0 Å². The normalized spacial score (nSPS) is 14.3. The Bertz CT molecular complexity index is 1370. The summed E-state index contributed by atoms with van der Waals surface area (Å²) < 4.78 is 26.8. The summed E-state index contributed by atoms with van der Waals surface area (Å²) in [6, 6.07) is 18.9. The van der Waals surface area contributed by atoms with Crippen molar-refractivity contribution in [1.29, 1.82) is 0 Å². The predicted molar refractivity (Wildman–Crippen MR) is 125 cm³/mol. The number of benzene rings is 3. The van der Waals surface area contributed by atoms with E-state index >= 15 is 0 Å². The van der Waals surface area contributed by atoms with Gasteiger partial charge in [-0.05, 0) is 55.8 Å².